The van der Waals surface area contributed by atoms with Crippen molar-refractivity contribution in [1.82, 2.24) is 29.6 Å². The molecule has 0 spiro atoms. The van der Waals surface area contributed by atoms with Gasteiger partial charge in [-0.25, -0.2) is 9.97 Å². The minimum Gasteiger partial charge on any atom is -0.360 e. The Kier molecular flexibility index (Phi) is 5.24. The van der Waals surface area contributed by atoms with E-state index in [4.69, 9.17) is 0 Å². The van der Waals surface area contributed by atoms with Crippen LogP contribution in [-0.4, -0.2) is 69.9 Å². The van der Waals surface area contributed by atoms with Gasteiger partial charge in [0.2, 0.25) is 0 Å². The average molecular weight is 371 g/mol. The van der Waals surface area contributed by atoms with Crippen LogP contribution in [0.4, 0.5) is 11.6 Å². The molecule has 1 atom stereocenters. The van der Waals surface area contributed by atoms with Crippen molar-refractivity contribution in [2.24, 2.45) is 7.05 Å². The predicted molar refractivity (Wildman–Crippen MR) is 106 cm³/mol. The molecule has 8 heteroatoms. The standard InChI is InChI=1S/C19H30N8/c1-24(2)18-19(21-9-8-20-18)27-12-6-7-15(13-27)17-23-22-16(25(17)3)14-26-10-4-5-11-26/h8-9,15H,4-7,10-14H2,1-3H3/t15-/m1/s1. The van der Waals surface area contributed by atoms with Crippen molar-refractivity contribution in [3.8, 4) is 0 Å². The van der Waals surface area contributed by atoms with Gasteiger partial charge < -0.3 is 14.4 Å². The van der Waals surface area contributed by atoms with Crippen LogP contribution in [0.1, 0.15) is 43.3 Å². The lowest BCUT2D eigenvalue weighted by molar-refractivity contribution is 0.317. The molecular formula is C19H30N8. The molecule has 0 aliphatic carbocycles. The lowest BCUT2D eigenvalue weighted by Crippen LogP contribution is -2.37. The Morgan fingerprint density at radius 3 is 2.59 bits per heavy atom. The first-order chi connectivity index (χ1) is 13.1. The van der Waals surface area contributed by atoms with Crippen molar-refractivity contribution in [2.75, 3.05) is 50.1 Å². The lowest BCUT2D eigenvalue weighted by atomic mass is 9.97. The number of nitrogens with zero attached hydrogens (tertiary/aromatic N) is 8. The summed E-state index contributed by atoms with van der Waals surface area (Å²) < 4.78 is 2.22. The van der Waals surface area contributed by atoms with Gasteiger partial charge in [-0.2, -0.15) is 0 Å². The molecule has 2 saturated heterocycles. The third-order valence-corrected chi connectivity index (χ3v) is 5.73. The van der Waals surface area contributed by atoms with Crippen molar-refractivity contribution < 1.29 is 0 Å². The van der Waals surface area contributed by atoms with Gasteiger partial charge in [0.05, 0.1) is 6.54 Å². The molecule has 4 rings (SSSR count). The molecule has 8 nitrogen and oxygen atoms in total. The zero-order chi connectivity index (χ0) is 18.8. The normalized spacial score (nSPS) is 21.0. The third kappa shape index (κ3) is 3.76. The van der Waals surface area contributed by atoms with Crippen LogP contribution in [-0.2, 0) is 13.6 Å². The zero-order valence-corrected chi connectivity index (χ0v) is 16.7. The number of rotatable bonds is 5. The summed E-state index contributed by atoms with van der Waals surface area (Å²) in [6, 6.07) is 0. The molecular weight excluding hydrogens is 340 g/mol. The molecule has 4 heterocycles. The van der Waals surface area contributed by atoms with Crippen LogP contribution in [0.5, 0.6) is 0 Å². The summed E-state index contributed by atoms with van der Waals surface area (Å²) in [5.74, 6) is 4.44. The lowest BCUT2D eigenvalue weighted by Gasteiger charge is -2.34. The van der Waals surface area contributed by atoms with E-state index in [0.717, 1.165) is 55.8 Å². The van der Waals surface area contributed by atoms with Crippen molar-refractivity contribution >= 4 is 11.6 Å². The molecule has 0 aromatic carbocycles. The van der Waals surface area contributed by atoms with E-state index in [2.05, 4.69) is 41.6 Å². The summed E-state index contributed by atoms with van der Waals surface area (Å²) in [6.07, 6.45) is 8.41. The molecule has 0 radical (unpaired) electrons. The van der Waals surface area contributed by atoms with Crippen LogP contribution in [0.25, 0.3) is 0 Å². The maximum absolute atomic E-state index is 4.62. The summed E-state index contributed by atoms with van der Waals surface area (Å²) in [5.41, 5.74) is 0. The number of aromatic nitrogens is 5. The molecule has 2 aliphatic heterocycles. The quantitative estimate of drug-likeness (QED) is 0.793. The second-order valence-electron chi connectivity index (χ2n) is 7.90. The highest BCUT2D eigenvalue weighted by Crippen LogP contribution is 2.31. The Hall–Kier alpha value is -2.22. The monoisotopic (exact) mass is 370 g/mol. The van der Waals surface area contributed by atoms with E-state index in [1.165, 1.54) is 25.9 Å². The van der Waals surface area contributed by atoms with Gasteiger partial charge in [-0.1, -0.05) is 0 Å². The Bertz CT molecular complexity index is 765. The maximum Gasteiger partial charge on any atom is 0.171 e. The van der Waals surface area contributed by atoms with E-state index in [-0.39, 0.29) is 0 Å². The summed E-state index contributed by atoms with van der Waals surface area (Å²) in [5, 5.41) is 9.09. The highest BCUT2D eigenvalue weighted by Gasteiger charge is 2.28. The number of anilines is 2. The van der Waals surface area contributed by atoms with Crippen LogP contribution < -0.4 is 9.80 Å². The molecule has 0 saturated carbocycles. The SMILES string of the molecule is CN(C)c1nccnc1N1CCC[C@@H](c2nnc(CN3CCCC3)n2C)C1. The molecule has 2 aliphatic rings. The summed E-state index contributed by atoms with van der Waals surface area (Å²) in [7, 11) is 6.15. The smallest absolute Gasteiger partial charge is 0.171 e. The number of piperidine rings is 1. The van der Waals surface area contributed by atoms with Gasteiger partial charge in [-0.3, -0.25) is 4.90 Å². The van der Waals surface area contributed by atoms with Gasteiger partial charge in [0.1, 0.15) is 11.6 Å². The molecule has 146 valence electrons. The Morgan fingerprint density at radius 2 is 1.81 bits per heavy atom. The Morgan fingerprint density at radius 1 is 1.04 bits per heavy atom. The van der Waals surface area contributed by atoms with Gasteiger partial charge in [-0.05, 0) is 38.8 Å². The van der Waals surface area contributed by atoms with Crippen molar-refractivity contribution in [3.63, 3.8) is 0 Å². The van der Waals surface area contributed by atoms with Crippen LogP contribution in [0.2, 0.25) is 0 Å². The fraction of sp³-hybridized carbons (Fsp3) is 0.684. The van der Waals surface area contributed by atoms with Crippen LogP contribution in [0.15, 0.2) is 12.4 Å². The first-order valence-corrected chi connectivity index (χ1v) is 9.97. The topological polar surface area (TPSA) is 66.2 Å². The molecule has 2 aromatic rings. The van der Waals surface area contributed by atoms with Crippen LogP contribution in [0, 0.1) is 0 Å². The first-order valence-electron chi connectivity index (χ1n) is 9.97. The molecule has 27 heavy (non-hydrogen) atoms. The van der Waals surface area contributed by atoms with E-state index < -0.39 is 0 Å². The van der Waals surface area contributed by atoms with Crippen LogP contribution in [0.3, 0.4) is 0 Å². The molecule has 2 aromatic heterocycles. The van der Waals surface area contributed by atoms with E-state index in [1.807, 2.05) is 19.0 Å². The fourth-order valence-electron chi connectivity index (χ4n) is 4.25. The van der Waals surface area contributed by atoms with Crippen molar-refractivity contribution in [3.05, 3.63) is 24.0 Å². The largest absolute Gasteiger partial charge is 0.360 e. The van der Waals surface area contributed by atoms with Gasteiger partial charge >= 0.3 is 0 Å². The molecule has 0 amide bonds. The minimum absolute atomic E-state index is 0.376. The summed E-state index contributed by atoms with van der Waals surface area (Å²) in [4.78, 5) is 16.0. The van der Waals surface area contributed by atoms with E-state index in [9.17, 15) is 0 Å². The minimum atomic E-state index is 0.376. The Labute approximate surface area is 161 Å². The van der Waals surface area contributed by atoms with E-state index in [1.54, 1.807) is 12.4 Å². The second kappa shape index (κ2) is 7.80. The molecule has 0 bridgehead atoms. The third-order valence-electron chi connectivity index (χ3n) is 5.73. The molecule has 0 unspecified atom stereocenters. The fourth-order valence-corrected chi connectivity index (χ4v) is 4.25. The number of hydrogen-bond acceptors (Lipinski definition) is 7. The van der Waals surface area contributed by atoms with Crippen molar-refractivity contribution in [1.29, 1.82) is 0 Å². The summed E-state index contributed by atoms with van der Waals surface area (Å²) >= 11 is 0. The first kappa shape index (κ1) is 18.2. The van der Waals surface area contributed by atoms with Gasteiger partial charge in [0.25, 0.3) is 0 Å². The zero-order valence-electron chi connectivity index (χ0n) is 16.7. The van der Waals surface area contributed by atoms with Gasteiger partial charge in [-0.15, -0.1) is 10.2 Å². The summed E-state index contributed by atoms with van der Waals surface area (Å²) in [6.45, 7) is 5.19. The second-order valence-corrected chi connectivity index (χ2v) is 7.90. The highest BCUT2D eigenvalue weighted by atomic mass is 15.3. The highest BCUT2D eigenvalue weighted by molar-refractivity contribution is 5.61. The maximum atomic E-state index is 4.62. The molecule has 2 fully saturated rings. The van der Waals surface area contributed by atoms with E-state index in [0.29, 0.717) is 5.92 Å². The number of hydrogen-bond donors (Lipinski definition) is 0. The van der Waals surface area contributed by atoms with Crippen LogP contribution >= 0.6 is 0 Å². The molecule has 0 N–H and O–H groups in total. The average Bonchev–Trinajstić information content (AvgIpc) is 3.33. The van der Waals surface area contributed by atoms with Gasteiger partial charge in [0, 0.05) is 52.5 Å². The predicted octanol–water partition coefficient (Wildman–Crippen LogP) is 1.65. The Balaban J connectivity index is 1.51. The number of likely N-dealkylation sites (tertiary alicyclic amines) is 1. The van der Waals surface area contributed by atoms with Crippen molar-refractivity contribution in [2.45, 2.75) is 38.1 Å². The van der Waals surface area contributed by atoms with Gasteiger partial charge in [0.15, 0.2) is 11.6 Å². The van der Waals surface area contributed by atoms with E-state index >= 15 is 0 Å².